The summed E-state index contributed by atoms with van der Waals surface area (Å²) in [5.74, 6) is 0.327. The summed E-state index contributed by atoms with van der Waals surface area (Å²) in [5.41, 5.74) is 1.33. The second kappa shape index (κ2) is 8.11. The van der Waals surface area contributed by atoms with Gasteiger partial charge >= 0.3 is 0 Å². The number of hydrogen-bond donors (Lipinski definition) is 2. The molecule has 2 aromatic rings. The minimum Gasteiger partial charge on any atom is -0.348 e. The molecule has 1 aliphatic heterocycles. The van der Waals surface area contributed by atoms with Crippen LogP contribution in [0.4, 0.5) is 0 Å². The number of nitrogens with one attached hydrogen (secondary N) is 2. The molecule has 2 heterocycles. The number of benzene rings is 1. The Morgan fingerprint density at radius 2 is 2.22 bits per heavy atom. The second-order valence-corrected chi connectivity index (χ2v) is 6.83. The Kier molecular flexibility index (Phi) is 6.41. The predicted molar refractivity (Wildman–Crippen MR) is 97.7 cm³/mol. The van der Waals surface area contributed by atoms with E-state index in [9.17, 15) is 4.79 Å². The molecule has 1 amide bonds. The highest BCUT2D eigenvalue weighted by atomic mass is 35.5. The average molecular weight is 372 g/mol. The van der Waals surface area contributed by atoms with Crippen molar-refractivity contribution in [1.82, 2.24) is 15.6 Å². The third-order valence-electron chi connectivity index (χ3n) is 3.94. The second-order valence-electron chi connectivity index (χ2n) is 5.57. The number of rotatable bonds is 3. The van der Waals surface area contributed by atoms with E-state index in [1.165, 1.54) is 11.3 Å². The van der Waals surface area contributed by atoms with E-state index in [2.05, 4.69) is 22.5 Å². The quantitative estimate of drug-likeness (QED) is 0.866. The fourth-order valence-electron chi connectivity index (χ4n) is 2.61. The topological polar surface area (TPSA) is 54.0 Å². The Balaban J connectivity index is 0.00000192. The van der Waals surface area contributed by atoms with E-state index in [-0.39, 0.29) is 24.4 Å². The third-order valence-corrected chi connectivity index (χ3v) is 5.15. The molecule has 3 rings (SSSR count). The van der Waals surface area contributed by atoms with Crippen LogP contribution < -0.4 is 10.6 Å². The van der Waals surface area contributed by atoms with Gasteiger partial charge in [0.15, 0.2) is 0 Å². The number of amides is 1. The van der Waals surface area contributed by atoms with Gasteiger partial charge in [0.05, 0.1) is 5.02 Å². The predicted octanol–water partition coefficient (Wildman–Crippen LogP) is 3.61. The first-order valence-corrected chi connectivity index (χ1v) is 8.63. The molecule has 1 saturated heterocycles. The van der Waals surface area contributed by atoms with Gasteiger partial charge in [0.25, 0.3) is 5.91 Å². The van der Waals surface area contributed by atoms with E-state index in [4.69, 9.17) is 11.6 Å². The molecule has 1 fully saturated rings. The fraction of sp³-hybridized carbons (Fsp3) is 0.375. The molecule has 4 nitrogen and oxygen atoms in total. The first-order chi connectivity index (χ1) is 10.6. The molecule has 1 aliphatic rings. The van der Waals surface area contributed by atoms with Crippen LogP contribution in [0, 0.1) is 5.92 Å². The van der Waals surface area contributed by atoms with Crippen LogP contribution in [0.3, 0.4) is 0 Å². The first kappa shape index (κ1) is 18.2. The van der Waals surface area contributed by atoms with E-state index in [0.29, 0.717) is 16.6 Å². The van der Waals surface area contributed by atoms with Gasteiger partial charge in [-0.25, -0.2) is 4.98 Å². The maximum absolute atomic E-state index is 12.4. The number of thiazole rings is 1. The van der Waals surface area contributed by atoms with Crippen LogP contribution in [-0.4, -0.2) is 30.0 Å². The molecule has 2 unspecified atom stereocenters. The van der Waals surface area contributed by atoms with Crippen molar-refractivity contribution >= 4 is 41.3 Å². The van der Waals surface area contributed by atoms with Crippen LogP contribution in [0.15, 0.2) is 29.6 Å². The van der Waals surface area contributed by atoms with Crippen LogP contribution in [0.25, 0.3) is 10.6 Å². The van der Waals surface area contributed by atoms with E-state index in [1.807, 2.05) is 24.3 Å². The van der Waals surface area contributed by atoms with Gasteiger partial charge in [-0.3, -0.25) is 4.79 Å². The smallest absolute Gasteiger partial charge is 0.271 e. The number of piperidine rings is 1. The largest absolute Gasteiger partial charge is 0.348 e. The van der Waals surface area contributed by atoms with E-state index >= 15 is 0 Å². The Morgan fingerprint density at radius 3 is 2.96 bits per heavy atom. The van der Waals surface area contributed by atoms with Gasteiger partial charge in [0, 0.05) is 17.0 Å². The Bertz CT molecular complexity index is 677. The average Bonchev–Trinajstić information content (AvgIpc) is 3.00. The maximum atomic E-state index is 12.4. The minimum atomic E-state index is -0.103. The van der Waals surface area contributed by atoms with Crippen LogP contribution in [-0.2, 0) is 0 Å². The van der Waals surface area contributed by atoms with Crippen molar-refractivity contribution < 1.29 is 4.79 Å². The van der Waals surface area contributed by atoms with E-state index in [0.717, 1.165) is 30.1 Å². The van der Waals surface area contributed by atoms with Gasteiger partial charge in [0.1, 0.15) is 10.7 Å². The zero-order chi connectivity index (χ0) is 15.5. The SMILES string of the molecule is CC1CNCCC1NC(=O)c1csc(-c2ccccc2Cl)n1.Cl. The summed E-state index contributed by atoms with van der Waals surface area (Å²) in [5, 5.41) is 9.64. The van der Waals surface area contributed by atoms with E-state index < -0.39 is 0 Å². The lowest BCUT2D eigenvalue weighted by molar-refractivity contribution is 0.0910. The molecule has 0 radical (unpaired) electrons. The summed E-state index contributed by atoms with van der Waals surface area (Å²) in [7, 11) is 0. The number of nitrogens with zero attached hydrogens (tertiary/aromatic N) is 1. The van der Waals surface area contributed by atoms with Crippen molar-refractivity contribution in [2.75, 3.05) is 13.1 Å². The zero-order valence-corrected chi connectivity index (χ0v) is 15.1. The van der Waals surface area contributed by atoms with Gasteiger partial charge in [-0.15, -0.1) is 23.7 Å². The molecular weight excluding hydrogens is 353 g/mol. The normalized spacial score (nSPS) is 20.6. The van der Waals surface area contributed by atoms with Crippen LogP contribution in [0.1, 0.15) is 23.8 Å². The highest BCUT2D eigenvalue weighted by Crippen LogP contribution is 2.30. The maximum Gasteiger partial charge on any atom is 0.271 e. The van der Waals surface area contributed by atoms with Crippen molar-refractivity contribution in [3.05, 3.63) is 40.4 Å². The molecule has 0 aliphatic carbocycles. The van der Waals surface area contributed by atoms with E-state index in [1.54, 1.807) is 5.38 Å². The van der Waals surface area contributed by atoms with Crippen molar-refractivity contribution in [2.24, 2.45) is 5.92 Å². The third kappa shape index (κ3) is 4.23. The molecule has 124 valence electrons. The summed E-state index contributed by atoms with van der Waals surface area (Å²) in [6, 6.07) is 7.75. The molecule has 0 bridgehead atoms. The molecule has 0 spiro atoms. The Morgan fingerprint density at radius 1 is 1.43 bits per heavy atom. The van der Waals surface area contributed by atoms with Gasteiger partial charge in [-0.1, -0.05) is 36.7 Å². The fourth-order valence-corrected chi connectivity index (χ4v) is 3.73. The first-order valence-electron chi connectivity index (χ1n) is 7.37. The number of carbonyl (C=O) groups excluding carboxylic acids is 1. The summed E-state index contributed by atoms with van der Waals surface area (Å²) in [6.45, 7) is 4.03. The molecule has 1 aromatic carbocycles. The van der Waals surface area contributed by atoms with Gasteiger partial charge < -0.3 is 10.6 Å². The standard InChI is InChI=1S/C16H18ClN3OS.ClH/c1-10-8-18-7-6-13(10)19-15(21)14-9-22-16(20-14)11-4-2-3-5-12(11)17;/h2-5,9-10,13,18H,6-8H2,1H3,(H,19,21);1H. The van der Waals surface area contributed by atoms with Crippen LogP contribution in [0.5, 0.6) is 0 Å². The number of hydrogen-bond acceptors (Lipinski definition) is 4. The summed E-state index contributed by atoms with van der Waals surface area (Å²) < 4.78 is 0. The Hall–Kier alpha value is -1.14. The Labute approximate surface area is 151 Å². The molecule has 2 N–H and O–H groups in total. The zero-order valence-electron chi connectivity index (χ0n) is 12.7. The van der Waals surface area contributed by atoms with Crippen molar-refractivity contribution in [1.29, 1.82) is 0 Å². The molecule has 1 aromatic heterocycles. The summed E-state index contributed by atoms with van der Waals surface area (Å²) in [6.07, 6.45) is 0.953. The highest BCUT2D eigenvalue weighted by molar-refractivity contribution is 7.13. The summed E-state index contributed by atoms with van der Waals surface area (Å²) >= 11 is 7.62. The van der Waals surface area contributed by atoms with Crippen LogP contribution >= 0.6 is 35.3 Å². The number of carbonyl (C=O) groups is 1. The molecule has 2 atom stereocenters. The van der Waals surface area contributed by atoms with Gasteiger partial charge in [0.2, 0.25) is 0 Å². The minimum absolute atomic E-state index is 0. The molecule has 23 heavy (non-hydrogen) atoms. The lowest BCUT2D eigenvalue weighted by Gasteiger charge is -2.29. The van der Waals surface area contributed by atoms with Crippen molar-refractivity contribution in [2.45, 2.75) is 19.4 Å². The summed E-state index contributed by atoms with van der Waals surface area (Å²) in [4.78, 5) is 16.8. The van der Waals surface area contributed by atoms with Gasteiger partial charge in [-0.05, 0) is 31.5 Å². The number of halogens is 2. The molecule has 7 heteroatoms. The van der Waals surface area contributed by atoms with Gasteiger partial charge in [-0.2, -0.15) is 0 Å². The monoisotopic (exact) mass is 371 g/mol. The number of aromatic nitrogens is 1. The lowest BCUT2D eigenvalue weighted by Crippen LogP contribution is -2.48. The van der Waals surface area contributed by atoms with Crippen molar-refractivity contribution in [3.63, 3.8) is 0 Å². The lowest BCUT2D eigenvalue weighted by atomic mass is 9.95. The van der Waals surface area contributed by atoms with Crippen molar-refractivity contribution in [3.8, 4) is 10.6 Å². The molecule has 0 saturated carbocycles. The van der Waals surface area contributed by atoms with Crippen LogP contribution in [0.2, 0.25) is 5.02 Å². The highest BCUT2D eigenvalue weighted by Gasteiger charge is 2.24. The molecular formula is C16H19Cl2N3OS.